The molecule has 0 bridgehead atoms. The Hall–Kier alpha value is -3.50. The lowest BCUT2D eigenvalue weighted by atomic mass is 10.2. The third-order valence-electron chi connectivity index (χ3n) is 3.83. The maximum Gasteiger partial charge on any atom is 0.261 e. The zero-order valence-electron chi connectivity index (χ0n) is 14.5. The van der Waals surface area contributed by atoms with Crippen LogP contribution in [0.3, 0.4) is 0 Å². The summed E-state index contributed by atoms with van der Waals surface area (Å²) in [5, 5.41) is 12.3. The molecule has 0 amide bonds. The lowest BCUT2D eigenvalue weighted by Gasteiger charge is -2.11. The summed E-state index contributed by atoms with van der Waals surface area (Å²) in [6, 6.07) is 22.2. The second kappa shape index (κ2) is 7.81. The SMILES string of the molecule is COc1ccc(S(=O)(=O)Nc2ccc(Nc3ccccc3C#N)cc2)cc1. The molecule has 0 spiro atoms. The number of anilines is 3. The molecule has 3 rings (SSSR count). The standard InChI is InChI=1S/C20H17N3O3S/c1-26-18-10-12-19(13-11-18)27(24,25)23-17-8-6-16(7-9-17)22-20-5-3-2-4-15(20)14-21/h2-13,22-23H,1H3. The Balaban J connectivity index is 1.74. The van der Waals surface area contributed by atoms with Gasteiger partial charge in [-0.3, -0.25) is 4.72 Å². The summed E-state index contributed by atoms with van der Waals surface area (Å²) < 4.78 is 32.5. The van der Waals surface area contributed by atoms with Gasteiger partial charge in [0.15, 0.2) is 0 Å². The fraction of sp³-hybridized carbons (Fsp3) is 0.0500. The Bertz CT molecular complexity index is 1070. The van der Waals surface area contributed by atoms with Gasteiger partial charge < -0.3 is 10.1 Å². The van der Waals surface area contributed by atoms with Crippen molar-refractivity contribution in [3.05, 3.63) is 78.4 Å². The minimum atomic E-state index is -3.69. The van der Waals surface area contributed by atoms with Crippen LogP contribution in [0.1, 0.15) is 5.56 Å². The first-order valence-corrected chi connectivity index (χ1v) is 9.53. The van der Waals surface area contributed by atoms with Crippen molar-refractivity contribution in [1.82, 2.24) is 0 Å². The van der Waals surface area contributed by atoms with E-state index in [1.807, 2.05) is 6.07 Å². The van der Waals surface area contributed by atoms with Gasteiger partial charge in [-0.25, -0.2) is 8.42 Å². The van der Waals surface area contributed by atoms with E-state index in [1.165, 1.54) is 19.2 Å². The zero-order chi connectivity index (χ0) is 19.3. The van der Waals surface area contributed by atoms with Gasteiger partial charge in [0.25, 0.3) is 10.0 Å². The number of nitrogens with one attached hydrogen (secondary N) is 2. The second-order valence-corrected chi connectivity index (χ2v) is 7.32. The van der Waals surface area contributed by atoms with Crippen LogP contribution in [0.4, 0.5) is 17.1 Å². The maximum absolute atomic E-state index is 12.5. The first-order valence-electron chi connectivity index (χ1n) is 8.05. The van der Waals surface area contributed by atoms with Crippen molar-refractivity contribution in [3.63, 3.8) is 0 Å². The van der Waals surface area contributed by atoms with E-state index < -0.39 is 10.0 Å². The Kier molecular flexibility index (Phi) is 5.29. The van der Waals surface area contributed by atoms with Crippen LogP contribution in [0.2, 0.25) is 0 Å². The maximum atomic E-state index is 12.5. The van der Waals surface area contributed by atoms with Gasteiger partial charge in [0.2, 0.25) is 0 Å². The van der Waals surface area contributed by atoms with Crippen molar-refractivity contribution in [2.75, 3.05) is 17.1 Å². The smallest absolute Gasteiger partial charge is 0.261 e. The average Bonchev–Trinajstić information content (AvgIpc) is 2.70. The van der Waals surface area contributed by atoms with E-state index in [1.54, 1.807) is 54.6 Å². The highest BCUT2D eigenvalue weighted by Crippen LogP contribution is 2.23. The minimum absolute atomic E-state index is 0.147. The van der Waals surface area contributed by atoms with E-state index in [9.17, 15) is 8.42 Å². The number of rotatable bonds is 6. The number of methoxy groups -OCH3 is 1. The highest BCUT2D eigenvalue weighted by atomic mass is 32.2. The number of para-hydroxylation sites is 1. The molecule has 2 N–H and O–H groups in total. The lowest BCUT2D eigenvalue weighted by molar-refractivity contribution is 0.414. The van der Waals surface area contributed by atoms with Crippen molar-refractivity contribution in [3.8, 4) is 11.8 Å². The normalized spacial score (nSPS) is 10.7. The van der Waals surface area contributed by atoms with Gasteiger partial charge in [-0.05, 0) is 60.7 Å². The molecule has 0 aliphatic carbocycles. The summed E-state index contributed by atoms with van der Waals surface area (Å²) in [6.45, 7) is 0. The van der Waals surface area contributed by atoms with E-state index >= 15 is 0 Å². The fourth-order valence-corrected chi connectivity index (χ4v) is 3.49. The Morgan fingerprint density at radius 2 is 1.52 bits per heavy atom. The molecule has 3 aromatic carbocycles. The van der Waals surface area contributed by atoms with Crippen LogP contribution in [0.5, 0.6) is 5.75 Å². The number of ether oxygens (including phenoxy) is 1. The van der Waals surface area contributed by atoms with Crippen molar-refractivity contribution < 1.29 is 13.2 Å². The summed E-state index contributed by atoms with van der Waals surface area (Å²) in [7, 11) is -2.17. The molecular formula is C20H17N3O3S. The monoisotopic (exact) mass is 379 g/mol. The van der Waals surface area contributed by atoms with Crippen LogP contribution in [0.25, 0.3) is 0 Å². The molecule has 0 aliphatic rings. The predicted octanol–water partition coefficient (Wildman–Crippen LogP) is 4.11. The summed E-state index contributed by atoms with van der Waals surface area (Å²) in [4.78, 5) is 0.147. The van der Waals surface area contributed by atoms with E-state index in [0.29, 0.717) is 22.7 Å². The van der Waals surface area contributed by atoms with Gasteiger partial charge in [0.05, 0.1) is 23.3 Å². The summed E-state index contributed by atoms with van der Waals surface area (Å²) in [5.41, 5.74) is 2.39. The van der Waals surface area contributed by atoms with Gasteiger partial charge in [-0.1, -0.05) is 12.1 Å². The van der Waals surface area contributed by atoms with E-state index in [2.05, 4.69) is 16.1 Å². The van der Waals surface area contributed by atoms with E-state index in [4.69, 9.17) is 10.00 Å². The number of hydrogen-bond donors (Lipinski definition) is 2. The molecule has 0 radical (unpaired) electrons. The Morgan fingerprint density at radius 3 is 2.15 bits per heavy atom. The first-order chi connectivity index (χ1) is 13.0. The summed E-state index contributed by atoms with van der Waals surface area (Å²) in [5.74, 6) is 0.585. The molecule has 0 fully saturated rings. The lowest BCUT2D eigenvalue weighted by Crippen LogP contribution is -2.12. The summed E-state index contributed by atoms with van der Waals surface area (Å²) >= 11 is 0. The van der Waals surface area contributed by atoms with Crippen LogP contribution in [0, 0.1) is 11.3 Å². The quantitative estimate of drug-likeness (QED) is 0.672. The largest absolute Gasteiger partial charge is 0.497 e. The van der Waals surface area contributed by atoms with Crippen LogP contribution < -0.4 is 14.8 Å². The molecule has 6 nitrogen and oxygen atoms in total. The molecular weight excluding hydrogens is 362 g/mol. The van der Waals surface area contributed by atoms with Gasteiger partial charge >= 0.3 is 0 Å². The third-order valence-corrected chi connectivity index (χ3v) is 5.23. The Labute approximate surface area is 158 Å². The fourth-order valence-electron chi connectivity index (χ4n) is 2.44. The molecule has 7 heteroatoms. The number of nitriles is 1. The van der Waals surface area contributed by atoms with Crippen LogP contribution in [-0.4, -0.2) is 15.5 Å². The zero-order valence-corrected chi connectivity index (χ0v) is 15.3. The topological polar surface area (TPSA) is 91.2 Å². The average molecular weight is 379 g/mol. The molecule has 0 aliphatic heterocycles. The van der Waals surface area contributed by atoms with Gasteiger partial charge in [-0.15, -0.1) is 0 Å². The number of nitrogens with zero attached hydrogens (tertiary/aromatic N) is 1. The molecule has 3 aromatic rings. The van der Waals surface area contributed by atoms with Gasteiger partial charge in [0, 0.05) is 11.4 Å². The van der Waals surface area contributed by atoms with Crippen molar-refractivity contribution >= 4 is 27.1 Å². The Morgan fingerprint density at radius 1 is 0.889 bits per heavy atom. The molecule has 0 saturated heterocycles. The summed E-state index contributed by atoms with van der Waals surface area (Å²) in [6.07, 6.45) is 0. The number of sulfonamides is 1. The van der Waals surface area contributed by atoms with Crippen LogP contribution in [-0.2, 0) is 10.0 Å². The van der Waals surface area contributed by atoms with Crippen molar-refractivity contribution in [2.24, 2.45) is 0 Å². The van der Waals surface area contributed by atoms with Crippen LogP contribution >= 0.6 is 0 Å². The molecule has 0 atom stereocenters. The molecule has 136 valence electrons. The highest BCUT2D eigenvalue weighted by molar-refractivity contribution is 7.92. The molecule has 0 heterocycles. The third kappa shape index (κ3) is 4.37. The minimum Gasteiger partial charge on any atom is -0.497 e. The van der Waals surface area contributed by atoms with Crippen LogP contribution in [0.15, 0.2) is 77.7 Å². The van der Waals surface area contributed by atoms with Gasteiger partial charge in [-0.2, -0.15) is 5.26 Å². The molecule has 0 unspecified atom stereocenters. The van der Waals surface area contributed by atoms with E-state index in [0.717, 1.165) is 5.69 Å². The van der Waals surface area contributed by atoms with E-state index in [-0.39, 0.29) is 4.90 Å². The van der Waals surface area contributed by atoms with Gasteiger partial charge in [0.1, 0.15) is 11.8 Å². The first kappa shape index (κ1) is 18.3. The molecule has 0 aromatic heterocycles. The molecule has 27 heavy (non-hydrogen) atoms. The second-order valence-electron chi connectivity index (χ2n) is 5.64. The highest BCUT2D eigenvalue weighted by Gasteiger charge is 2.14. The van der Waals surface area contributed by atoms with Crippen molar-refractivity contribution in [2.45, 2.75) is 4.90 Å². The molecule has 0 saturated carbocycles. The number of hydrogen-bond acceptors (Lipinski definition) is 5. The van der Waals surface area contributed by atoms with Crippen molar-refractivity contribution in [1.29, 1.82) is 5.26 Å². The predicted molar refractivity (Wildman–Crippen MR) is 105 cm³/mol. The number of benzene rings is 3.